The standard InChI is InChI=1S/C9H17O/c10-9-7-5-3-1-2-4-6-8-9/h1,9-10H,2-8H2. The van der Waals surface area contributed by atoms with Crippen LogP contribution in [0.25, 0.3) is 0 Å². The monoisotopic (exact) mass is 141 g/mol. The second kappa shape index (κ2) is 4.73. The predicted molar refractivity (Wildman–Crippen MR) is 42.6 cm³/mol. The number of aliphatic hydroxyl groups is 1. The van der Waals surface area contributed by atoms with Gasteiger partial charge in [0.05, 0.1) is 6.10 Å². The third kappa shape index (κ3) is 3.21. The molecule has 0 aliphatic heterocycles. The normalized spacial score (nSPS) is 24.9. The van der Waals surface area contributed by atoms with E-state index in [0.29, 0.717) is 0 Å². The van der Waals surface area contributed by atoms with Crippen molar-refractivity contribution < 1.29 is 5.11 Å². The van der Waals surface area contributed by atoms with Crippen LogP contribution in [0, 0.1) is 6.42 Å². The van der Waals surface area contributed by atoms with Crippen molar-refractivity contribution in [3.8, 4) is 0 Å². The van der Waals surface area contributed by atoms with E-state index in [2.05, 4.69) is 6.42 Å². The van der Waals surface area contributed by atoms with Crippen LogP contribution < -0.4 is 0 Å². The van der Waals surface area contributed by atoms with Crippen LogP contribution in [-0.2, 0) is 0 Å². The summed E-state index contributed by atoms with van der Waals surface area (Å²) in [4.78, 5) is 0. The van der Waals surface area contributed by atoms with Gasteiger partial charge in [-0.2, -0.15) is 0 Å². The molecular weight excluding hydrogens is 124 g/mol. The van der Waals surface area contributed by atoms with Gasteiger partial charge in [0.15, 0.2) is 0 Å². The lowest BCUT2D eigenvalue weighted by Crippen LogP contribution is -2.04. The van der Waals surface area contributed by atoms with Crippen LogP contribution >= 0.6 is 0 Å². The zero-order valence-electron chi connectivity index (χ0n) is 6.55. The third-order valence-electron chi connectivity index (χ3n) is 2.14. The first kappa shape index (κ1) is 8.06. The van der Waals surface area contributed by atoms with Crippen molar-refractivity contribution in [2.45, 2.75) is 51.0 Å². The van der Waals surface area contributed by atoms with Gasteiger partial charge in [-0.15, -0.1) is 0 Å². The first-order valence-electron chi connectivity index (χ1n) is 4.39. The Bertz CT molecular complexity index is 70.8. The molecule has 0 aromatic heterocycles. The van der Waals surface area contributed by atoms with E-state index < -0.39 is 0 Å². The molecule has 10 heavy (non-hydrogen) atoms. The van der Waals surface area contributed by atoms with Crippen molar-refractivity contribution in [2.24, 2.45) is 0 Å². The SMILES string of the molecule is OC1CCC[CH]CCCC1. The molecule has 59 valence electrons. The summed E-state index contributed by atoms with van der Waals surface area (Å²) in [5.41, 5.74) is 0. The van der Waals surface area contributed by atoms with E-state index in [0.717, 1.165) is 12.8 Å². The maximum Gasteiger partial charge on any atom is 0.0540 e. The molecule has 0 bridgehead atoms. The van der Waals surface area contributed by atoms with Crippen molar-refractivity contribution in [1.29, 1.82) is 0 Å². The minimum absolute atomic E-state index is 0.00787. The molecule has 1 aliphatic carbocycles. The molecule has 1 aliphatic rings. The number of rotatable bonds is 0. The second-order valence-electron chi connectivity index (χ2n) is 3.16. The van der Waals surface area contributed by atoms with E-state index in [1.165, 1.54) is 32.1 Å². The van der Waals surface area contributed by atoms with Crippen LogP contribution in [0.4, 0.5) is 0 Å². The fourth-order valence-corrected chi connectivity index (χ4v) is 1.46. The lowest BCUT2D eigenvalue weighted by molar-refractivity contribution is 0.150. The molecule has 1 saturated carbocycles. The molecule has 1 rings (SSSR count). The second-order valence-corrected chi connectivity index (χ2v) is 3.16. The van der Waals surface area contributed by atoms with Crippen LogP contribution in [0.3, 0.4) is 0 Å². The molecule has 1 nitrogen and oxygen atoms in total. The Morgan fingerprint density at radius 2 is 1.70 bits per heavy atom. The molecule has 0 aromatic rings. The van der Waals surface area contributed by atoms with Gasteiger partial charge in [-0.05, 0) is 19.3 Å². The van der Waals surface area contributed by atoms with E-state index in [-0.39, 0.29) is 6.10 Å². The molecule has 0 saturated heterocycles. The van der Waals surface area contributed by atoms with Crippen LogP contribution in [0.1, 0.15) is 44.9 Å². The highest BCUT2D eigenvalue weighted by atomic mass is 16.3. The molecule has 0 amide bonds. The van der Waals surface area contributed by atoms with E-state index in [9.17, 15) is 5.11 Å². The Labute approximate surface area is 63.4 Å². The summed E-state index contributed by atoms with van der Waals surface area (Å²) in [6.07, 6.45) is 10.5. The van der Waals surface area contributed by atoms with Crippen molar-refractivity contribution >= 4 is 0 Å². The van der Waals surface area contributed by atoms with Crippen molar-refractivity contribution in [3.05, 3.63) is 6.42 Å². The van der Waals surface area contributed by atoms with Crippen molar-refractivity contribution in [3.63, 3.8) is 0 Å². The maximum atomic E-state index is 9.33. The fourth-order valence-electron chi connectivity index (χ4n) is 1.46. The Morgan fingerprint density at radius 3 is 2.60 bits per heavy atom. The molecular formula is C9H17O. The first-order valence-corrected chi connectivity index (χ1v) is 4.39. The van der Waals surface area contributed by atoms with Gasteiger partial charge in [0, 0.05) is 0 Å². The first-order chi connectivity index (χ1) is 4.89. The van der Waals surface area contributed by atoms with Crippen LogP contribution in [0.5, 0.6) is 0 Å². The summed E-state index contributed by atoms with van der Waals surface area (Å²) >= 11 is 0. The predicted octanol–water partition coefficient (Wildman–Crippen LogP) is 2.30. The highest BCUT2D eigenvalue weighted by Crippen LogP contribution is 2.15. The topological polar surface area (TPSA) is 20.2 Å². The summed E-state index contributed by atoms with van der Waals surface area (Å²) in [5.74, 6) is 0. The molecule has 1 fully saturated rings. The van der Waals surface area contributed by atoms with Gasteiger partial charge in [0.25, 0.3) is 0 Å². The highest BCUT2D eigenvalue weighted by Gasteiger charge is 2.05. The van der Waals surface area contributed by atoms with Crippen LogP contribution in [-0.4, -0.2) is 11.2 Å². The zero-order valence-corrected chi connectivity index (χ0v) is 6.55. The van der Waals surface area contributed by atoms with Crippen molar-refractivity contribution in [1.82, 2.24) is 0 Å². The lowest BCUT2D eigenvalue weighted by atomic mass is 10.1. The smallest absolute Gasteiger partial charge is 0.0540 e. The molecule has 1 N–H and O–H groups in total. The Hall–Kier alpha value is -0.0400. The van der Waals surface area contributed by atoms with Gasteiger partial charge >= 0.3 is 0 Å². The molecule has 1 radical (unpaired) electrons. The summed E-state index contributed by atoms with van der Waals surface area (Å²) in [5, 5.41) is 9.33. The van der Waals surface area contributed by atoms with Gasteiger partial charge in [-0.25, -0.2) is 0 Å². The maximum absolute atomic E-state index is 9.33. The number of hydrogen-bond acceptors (Lipinski definition) is 1. The summed E-state index contributed by atoms with van der Waals surface area (Å²) in [6, 6.07) is 0. The Kier molecular flexibility index (Phi) is 3.81. The third-order valence-corrected chi connectivity index (χ3v) is 2.14. The van der Waals surface area contributed by atoms with Gasteiger partial charge < -0.3 is 5.11 Å². The van der Waals surface area contributed by atoms with Gasteiger partial charge in [-0.1, -0.05) is 32.1 Å². The molecule has 0 aromatic carbocycles. The highest BCUT2D eigenvalue weighted by molar-refractivity contribution is 4.69. The zero-order chi connectivity index (χ0) is 7.23. The van der Waals surface area contributed by atoms with E-state index in [1.807, 2.05) is 0 Å². The average Bonchev–Trinajstić information content (AvgIpc) is 2.02. The largest absolute Gasteiger partial charge is 0.393 e. The minimum atomic E-state index is -0.00787. The van der Waals surface area contributed by atoms with Crippen LogP contribution in [0.15, 0.2) is 0 Å². The van der Waals surface area contributed by atoms with Gasteiger partial charge in [-0.3, -0.25) is 0 Å². The fraction of sp³-hybridized carbons (Fsp3) is 0.889. The average molecular weight is 141 g/mol. The summed E-state index contributed by atoms with van der Waals surface area (Å²) < 4.78 is 0. The summed E-state index contributed by atoms with van der Waals surface area (Å²) in [7, 11) is 0. The Morgan fingerprint density at radius 1 is 1.00 bits per heavy atom. The van der Waals surface area contributed by atoms with Crippen molar-refractivity contribution in [2.75, 3.05) is 0 Å². The van der Waals surface area contributed by atoms with E-state index in [1.54, 1.807) is 0 Å². The van der Waals surface area contributed by atoms with Crippen LogP contribution in [0.2, 0.25) is 0 Å². The van der Waals surface area contributed by atoms with E-state index in [4.69, 9.17) is 0 Å². The molecule has 0 spiro atoms. The van der Waals surface area contributed by atoms with Gasteiger partial charge in [0.2, 0.25) is 0 Å². The van der Waals surface area contributed by atoms with E-state index >= 15 is 0 Å². The number of aliphatic hydroxyl groups excluding tert-OH is 1. The quantitative estimate of drug-likeness (QED) is 0.548. The lowest BCUT2D eigenvalue weighted by Gasteiger charge is -2.06. The molecule has 1 heteroatoms. The molecule has 1 unspecified atom stereocenters. The van der Waals surface area contributed by atoms with Gasteiger partial charge in [0.1, 0.15) is 0 Å². The number of hydrogen-bond donors (Lipinski definition) is 1. The minimum Gasteiger partial charge on any atom is -0.393 e. The summed E-state index contributed by atoms with van der Waals surface area (Å²) in [6.45, 7) is 0. The molecule has 0 heterocycles. The molecule has 1 atom stereocenters. The Balaban J connectivity index is 2.15.